The number of nitrogens with zero attached hydrogens (tertiary/aromatic N) is 5. The van der Waals surface area contributed by atoms with Gasteiger partial charge in [-0.3, -0.25) is 9.78 Å². The summed E-state index contributed by atoms with van der Waals surface area (Å²) in [5.74, 6) is 1.78. The second-order valence-corrected chi connectivity index (χ2v) is 8.10. The molecule has 1 unspecified atom stereocenters. The second-order valence-electron chi connectivity index (χ2n) is 8.10. The summed E-state index contributed by atoms with van der Waals surface area (Å²) < 4.78 is 1.54. The molecule has 4 rings (SSSR count). The van der Waals surface area contributed by atoms with Crippen molar-refractivity contribution in [3.63, 3.8) is 0 Å². The molecule has 0 aromatic carbocycles. The summed E-state index contributed by atoms with van der Waals surface area (Å²) in [5, 5.41) is 4.50. The molecule has 2 aliphatic heterocycles. The fourth-order valence-electron chi connectivity index (χ4n) is 3.96. The number of pyridine rings is 1. The molecule has 0 bridgehead atoms. The Hall–Kier alpha value is -3.29. The van der Waals surface area contributed by atoms with Crippen LogP contribution >= 0.6 is 0 Å². The van der Waals surface area contributed by atoms with Crippen LogP contribution in [0.15, 0.2) is 48.7 Å². The van der Waals surface area contributed by atoms with Crippen molar-refractivity contribution in [1.82, 2.24) is 19.7 Å². The predicted octanol–water partition coefficient (Wildman–Crippen LogP) is 2.51. The Morgan fingerprint density at radius 2 is 2.00 bits per heavy atom. The van der Waals surface area contributed by atoms with Crippen LogP contribution in [0, 0.1) is 5.92 Å². The largest absolute Gasteiger partial charge is 0.385 e. The van der Waals surface area contributed by atoms with Crippen LogP contribution in [0.2, 0.25) is 0 Å². The van der Waals surface area contributed by atoms with E-state index in [-0.39, 0.29) is 5.91 Å². The molecule has 4 N–H and O–H groups in total. The molecule has 1 saturated heterocycles. The smallest absolute Gasteiger partial charge is 0.262 e. The van der Waals surface area contributed by atoms with Gasteiger partial charge in [0, 0.05) is 25.5 Å². The van der Waals surface area contributed by atoms with Crippen molar-refractivity contribution in [3.8, 4) is 0 Å². The van der Waals surface area contributed by atoms with Crippen LogP contribution in [0.3, 0.4) is 0 Å². The van der Waals surface area contributed by atoms with E-state index in [1.807, 2.05) is 18.2 Å². The van der Waals surface area contributed by atoms with Gasteiger partial charge in [-0.05, 0) is 43.0 Å². The molecule has 2 aromatic rings. The van der Waals surface area contributed by atoms with Gasteiger partial charge in [0.1, 0.15) is 5.82 Å². The molecule has 0 spiro atoms. The average molecular weight is 408 g/mol. The molecule has 30 heavy (non-hydrogen) atoms. The fraction of sp³-hybridized carbons (Fsp3) is 0.409. The summed E-state index contributed by atoms with van der Waals surface area (Å²) in [5.41, 5.74) is 14.5. The highest BCUT2D eigenvalue weighted by Gasteiger charge is 2.32. The number of anilines is 1. The van der Waals surface area contributed by atoms with Gasteiger partial charge in [0.25, 0.3) is 5.91 Å². The molecule has 1 fully saturated rings. The van der Waals surface area contributed by atoms with Gasteiger partial charge < -0.3 is 21.3 Å². The zero-order valence-electron chi connectivity index (χ0n) is 17.4. The first-order chi connectivity index (χ1) is 14.5. The summed E-state index contributed by atoms with van der Waals surface area (Å²) >= 11 is 0. The van der Waals surface area contributed by atoms with Crippen molar-refractivity contribution in [2.45, 2.75) is 39.2 Å². The molecular formula is C22H29N7O. The average Bonchev–Trinajstić information content (AvgIpc) is 3.29. The van der Waals surface area contributed by atoms with Crippen LogP contribution in [-0.2, 0) is 6.54 Å². The Bertz CT molecular complexity index is 963. The quantitative estimate of drug-likeness (QED) is 0.755. The first-order valence-electron chi connectivity index (χ1n) is 10.5. The lowest BCUT2D eigenvalue weighted by Crippen LogP contribution is -2.32. The minimum atomic E-state index is -0.0955. The highest BCUT2D eigenvalue weighted by Crippen LogP contribution is 2.27. The Morgan fingerprint density at radius 1 is 1.17 bits per heavy atom. The van der Waals surface area contributed by atoms with Crippen LogP contribution in [-0.4, -0.2) is 38.7 Å². The number of fused-ring (bicyclic) bond motifs is 1. The highest BCUT2D eigenvalue weighted by atomic mass is 16.2. The van der Waals surface area contributed by atoms with E-state index in [1.165, 1.54) is 12.8 Å². The molecule has 0 aliphatic carbocycles. The van der Waals surface area contributed by atoms with Gasteiger partial charge in [0.15, 0.2) is 0 Å². The lowest BCUT2D eigenvalue weighted by atomic mass is 9.98. The second kappa shape index (κ2) is 8.61. The number of carbonyl (C=O) groups is 1. The van der Waals surface area contributed by atoms with Crippen molar-refractivity contribution in [3.05, 3.63) is 60.0 Å². The van der Waals surface area contributed by atoms with E-state index in [2.05, 4.69) is 21.9 Å². The van der Waals surface area contributed by atoms with Gasteiger partial charge in [0.05, 0.1) is 35.5 Å². The van der Waals surface area contributed by atoms with Crippen molar-refractivity contribution < 1.29 is 4.79 Å². The lowest BCUT2D eigenvalue weighted by Gasteiger charge is -2.28. The lowest BCUT2D eigenvalue weighted by molar-refractivity contribution is 0.0996. The predicted molar refractivity (Wildman–Crippen MR) is 117 cm³/mol. The van der Waals surface area contributed by atoms with E-state index in [4.69, 9.17) is 11.5 Å². The van der Waals surface area contributed by atoms with Gasteiger partial charge in [-0.1, -0.05) is 19.8 Å². The summed E-state index contributed by atoms with van der Waals surface area (Å²) in [6, 6.07) is 3.67. The third-order valence-electron chi connectivity index (χ3n) is 5.85. The van der Waals surface area contributed by atoms with Crippen LogP contribution in [0.4, 0.5) is 5.69 Å². The number of allylic oxidation sites excluding steroid dienone is 2. The van der Waals surface area contributed by atoms with E-state index in [1.54, 1.807) is 34.2 Å². The van der Waals surface area contributed by atoms with Gasteiger partial charge in [0.2, 0.25) is 0 Å². The number of hydrogen-bond acceptors (Lipinski definition) is 6. The van der Waals surface area contributed by atoms with Crippen molar-refractivity contribution in [2.75, 3.05) is 18.0 Å². The zero-order valence-corrected chi connectivity index (χ0v) is 17.4. The fourth-order valence-corrected chi connectivity index (χ4v) is 3.96. The first-order valence-corrected chi connectivity index (χ1v) is 10.5. The van der Waals surface area contributed by atoms with E-state index >= 15 is 0 Å². The molecule has 8 nitrogen and oxygen atoms in total. The Morgan fingerprint density at radius 3 is 2.77 bits per heavy atom. The summed E-state index contributed by atoms with van der Waals surface area (Å²) in [6.45, 7) is 4.64. The maximum Gasteiger partial charge on any atom is 0.262 e. The standard InChI is InChI=1S/C22H29N7O/c1-16-5-2-3-11-27(12-9-16)20(23)7-8-21(24)29-14-18-19(26-29)15-28(22(18)30)17-6-4-10-25-13-17/h4,6-8,10,13-14,16H,2-3,5,9,11-12,15,23-24H2,1H3/b20-7+,21-8+. The molecule has 2 aliphatic rings. The van der Waals surface area contributed by atoms with E-state index < -0.39 is 0 Å². The summed E-state index contributed by atoms with van der Waals surface area (Å²) in [4.78, 5) is 20.7. The van der Waals surface area contributed by atoms with E-state index in [0.29, 0.717) is 29.4 Å². The van der Waals surface area contributed by atoms with Crippen LogP contribution in [0.5, 0.6) is 0 Å². The molecule has 0 saturated carbocycles. The van der Waals surface area contributed by atoms with Crippen molar-refractivity contribution >= 4 is 17.4 Å². The molecule has 0 radical (unpaired) electrons. The number of hydrogen-bond donors (Lipinski definition) is 2. The van der Waals surface area contributed by atoms with E-state index in [9.17, 15) is 4.79 Å². The number of carbonyl (C=O) groups excluding carboxylic acids is 1. The SMILES string of the molecule is CC1CCCCN(/C(N)=C/C=C(\N)n2cc3c(n2)CN(c2cccnc2)C3=O)CC1. The van der Waals surface area contributed by atoms with Gasteiger partial charge >= 0.3 is 0 Å². The first kappa shape index (κ1) is 20.0. The minimum Gasteiger partial charge on any atom is -0.385 e. The molecule has 1 atom stereocenters. The summed E-state index contributed by atoms with van der Waals surface area (Å²) in [6.07, 6.45) is 13.5. The van der Waals surface area contributed by atoms with Gasteiger partial charge in [-0.25, -0.2) is 4.68 Å². The molecule has 2 aromatic heterocycles. The number of aromatic nitrogens is 3. The molecule has 8 heteroatoms. The third kappa shape index (κ3) is 4.17. The molecular weight excluding hydrogens is 378 g/mol. The molecule has 4 heterocycles. The monoisotopic (exact) mass is 407 g/mol. The highest BCUT2D eigenvalue weighted by molar-refractivity contribution is 6.09. The minimum absolute atomic E-state index is 0.0955. The van der Waals surface area contributed by atoms with Crippen LogP contribution in [0.25, 0.3) is 5.82 Å². The van der Waals surface area contributed by atoms with Gasteiger partial charge in [-0.2, -0.15) is 5.10 Å². The Kier molecular flexibility index (Phi) is 5.74. The number of nitrogens with two attached hydrogens (primary N) is 2. The van der Waals surface area contributed by atoms with Crippen LogP contribution < -0.4 is 16.4 Å². The normalized spacial score (nSPS) is 20.8. The van der Waals surface area contributed by atoms with Crippen LogP contribution in [0.1, 0.15) is 48.7 Å². The molecule has 158 valence electrons. The van der Waals surface area contributed by atoms with Crippen molar-refractivity contribution in [2.24, 2.45) is 17.4 Å². The van der Waals surface area contributed by atoms with Crippen molar-refractivity contribution in [1.29, 1.82) is 0 Å². The zero-order chi connectivity index (χ0) is 21.1. The Labute approximate surface area is 176 Å². The van der Waals surface area contributed by atoms with E-state index in [0.717, 1.165) is 37.5 Å². The topological polar surface area (TPSA) is 106 Å². The number of amides is 1. The maximum absolute atomic E-state index is 12.7. The third-order valence-corrected chi connectivity index (χ3v) is 5.85. The number of rotatable bonds is 4. The maximum atomic E-state index is 12.7. The Balaban J connectivity index is 1.45. The summed E-state index contributed by atoms with van der Waals surface area (Å²) in [7, 11) is 0. The number of likely N-dealkylation sites (tertiary alicyclic amines) is 1. The van der Waals surface area contributed by atoms with Gasteiger partial charge in [-0.15, -0.1) is 0 Å². The molecule has 1 amide bonds.